The van der Waals surface area contributed by atoms with Gasteiger partial charge in [0.15, 0.2) is 0 Å². The molecule has 0 radical (unpaired) electrons. The molecule has 1 aromatic carbocycles. The van der Waals surface area contributed by atoms with Crippen LogP contribution in [0, 0.1) is 47.3 Å². The van der Waals surface area contributed by atoms with Gasteiger partial charge in [0, 0.05) is 55.9 Å². The molecular formula is C59H87N5O12. The van der Waals surface area contributed by atoms with Crippen LogP contribution in [0.1, 0.15) is 138 Å². The number of rotatable bonds is 15. The fourth-order valence-electron chi connectivity index (χ4n) is 11.7. The summed E-state index contributed by atoms with van der Waals surface area (Å²) in [4.78, 5) is 81.9. The quantitative estimate of drug-likeness (QED) is 0.0765. The van der Waals surface area contributed by atoms with E-state index in [1.54, 1.807) is 26.0 Å². The summed E-state index contributed by atoms with van der Waals surface area (Å²) >= 11 is 0. The Balaban J connectivity index is 1.16. The fraction of sp³-hybridized carbons (Fsp3) is 0.661. The highest BCUT2D eigenvalue weighted by atomic mass is 16.5. The van der Waals surface area contributed by atoms with Gasteiger partial charge in [-0.2, -0.15) is 0 Å². The van der Waals surface area contributed by atoms with E-state index in [4.69, 9.17) is 9.47 Å². The predicted molar refractivity (Wildman–Crippen MR) is 287 cm³/mol. The van der Waals surface area contributed by atoms with Crippen molar-refractivity contribution in [2.24, 2.45) is 47.3 Å². The van der Waals surface area contributed by atoms with Crippen molar-refractivity contribution in [1.29, 1.82) is 0 Å². The smallest absolute Gasteiger partial charge is 0.325 e. The Morgan fingerprint density at radius 1 is 0.961 bits per heavy atom. The van der Waals surface area contributed by atoms with Gasteiger partial charge in [-0.15, -0.1) is 0 Å². The Bertz CT molecular complexity index is 2320. The summed E-state index contributed by atoms with van der Waals surface area (Å²) in [7, 11) is 0. The first-order chi connectivity index (χ1) is 36.1. The number of carbonyl (C=O) groups excluding carboxylic acids is 6. The topological polar surface area (TPSA) is 253 Å². The molecule has 1 aliphatic carbocycles. The number of hydrogen-bond donors (Lipinski definition) is 8. The molecule has 16 atom stereocenters. The molecule has 17 heteroatoms. The summed E-state index contributed by atoms with van der Waals surface area (Å²) in [5.74, 6) is -4.73. The Kier molecular flexibility index (Phi) is 21.6. The molecule has 2 bridgehead atoms. The van der Waals surface area contributed by atoms with Crippen molar-refractivity contribution < 1.29 is 58.7 Å². The summed E-state index contributed by atoms with van der Waals surface area (Å²) in [6.07, 6.45) is 15.2. The average molecular weight is 1060 g/mol. The summed E-state index contributed by atoms with van der Waals surface area (Å²) < 4.78 is 12.9. The second kappa shape index (κ2) is 27.4. The summed E-state index contributed by atoms with van der Waals surface area (Å²) in [6, 6.07) is 3.12. The van der Waals surface area contributed by atoms with Crippen LogP contribution in [-0.2, 0) is 44.7 Å². The Morgan fingerprint density at radius 2 is 1.70 bits per heavy atom. The lowest BCUT2D eigenvalue weighted by Gasteiger charge is -2.65. The van der Waals surface area contributed by atoms with E-state index in [-0.39, 0.29) is 72.8 Å². The highest BCUT2D eigenvalue weighted by Crippen LogP contribution is 2.57. The van der Waals surface area contributed by atoms with E-state index in [0.717, 1.165) is 24.8 Å². The van der Waals surface area contributed by atoms with E-state index >= 15 is 0 Å². The Morgan fingerprint density at radius 3 is 2.39 bits per heavy atom. The minimum Gasteiger partial charge on any atom is -0.508 e. The van der Waals surface area contributed by atoms with Gasteiger partial charge in [-0.25, -0.2) is 5.43 Å². The van der Waals surface area contributed by atoms with E-state index in [9.17, 15) is 49.2 Å². The van der Waals surface area contributed by atoms with Crippen LogP contribution in [0.15, 0.2) is 72.4 Å². The van der Waals surface area contributed by atoms with E-state index in [2.05, 4.69) is 21.4 Å². The molecule has 4 aliphatic heterocycles. The highest BCUT2D eigenvalue weighted by molar-refractivity contribution is 5.93. The third kappa shape index (κ3) is 15.1. The summed E-state index contributed by atoms with van der Waals surface area (Å²) in [5.41, 5.74) is 3.52. The van der Waals surface area contributed by atoms with Crippen molar-refractivity contribution in [3.05, 3.63) is 77.9 Å². The number of nitrogens with zero attached hydrogens (tertiary/aromatic N) is 1. The molecule has 17 nitrogen and oxygen atoms in total. The van der Waals surface area contributed by atoms with Gasteiger partial charge in [-0.05, 0) is 113 Å². The lowest BCUT2D eigenvalue weighted by atomic mass is 9.55. The lowest BCUT2D eigenvalue weighted by Crippen LogP contribution is -2.78. The standard InChI is InChI=1S/C59H87N5O12/c1-9-41-31-42-32-45-53(69)39(8)50(76-59(42,45)62-54(41)70)33-48(67)35(4)19-14-12-15-20-36(5)49-25-16-11-10-13-21-37(6)52(68)44(27-26-38(7)65)55(71)61-51(34(2)3)56(72)60-47(30-40-22-17-23-43(66)29-40)57(73)64-28-18-24-46(63-64)58(74)75-49/h10-13,15-17,20,22-23,29,34-35,37,39,41-42,44-53,63,66-69H,9,14,18-19,21,24-28,30-33H2,1-8H3,(H,60,72)(H,61,71)(H,62,70)/b13-10+,15-12+,16-11+,36-20+/t35-,37-,39-,41-,42+,44+,45-,46?,47-,48-,49-,50-,51-,52+,53-,59+/m0/s1. The number of amides is 4. The Hall–Kier alpha value is -5.20. The van der Waals surface area contributed by atoms with Crippen molar-refractivity contribution >= 4 is 35.4 Å². The van der Waals surface area contributed by atoms with E-state index < -0.39 is 95.8 Å². The number of fused-ring (bicyclic) bond motifs is 2. The van der Waals surface area contributed by atoms with Gasteiger partial charge in [0.05, 0.1) is 30.3 Å². The summed E-state index contributed by atoms with van der Waals surface area (Å²) in [5, 5.41) is 54.8. The maximum atomic E-state index is 14.5. The van der Waals surface area contributed by atoms with Crippen molar-refractivity contribution in [2.45, 2.75) is 193 Å². The lowest BCUT2D eigenvalue weighted by molar-refractivity contribution is -0.320. The molecular weight excluding hydrogens is 971 g/mol. The zero-order valence-corrected chi connectivity index (χ0v) is 46.0. The number of benzene rings is 1. The van der Waals surface area contributed by atoms with Gasteiger partial charge in [0.2, 0.25) is 17.7 Å². The maximum Gasteiger partial charge on any atom is 0.325 e. The SMILES string of the molecule is CC[C@H]1C[C@@H]2C[C@H]3[C@@H](O)[C@@H](C)[C@H](C[C@H](O)[C@@H](C)CC/C=C/C=C(\C)[C@@H]4C/C=C/C=C/C[C@H](C)[C@@H](O)[C@@H](CCC(C)=O)C(=O)N[C@@H](C(C)C)C(=O)N[C@@H](Cc5cccc(O)c5)C(=O)N5CCCC(N5)C(=O)O4)O[C@]23NC1=O. The molecule has 0 aromatic heterocycles. The van der Waals surface area contributed by atoms with Crippen molar-refractivity contribution in [3.8, 4) is 5.75 Å². The molecule has 1 spiro atoms. The first-order valence-corrected chi connectivity index (χ1v) is 28.0. The van der Waals surface area contributed by atoms with Crippen LogP contribution in [0.2, 0.25) is 0 Å². The van der Waals surface area contributed by atoms with Gasteiger partial charge >= 0.3 is 5.97 Å². The second-order valence-electron chi connectivity index (χ2n) is 22.9. The first-order valence-electron chi connectivity index (χ1n) is 28.0. The Labute approximate surface area is 449 Å². The van der Waals surface area contributed by atoms with Gasteiger partial charge in [-0.3, -0.25) is 29.0 Å². The van der Waals surface area contributed by atoms with Crippen LogP contribution < -0.4 is 21.4 Å². The number of hydrazine groups is 1. The third-order valence-corrected chi connectivity index (χ3v) is 16.8. The molecule has 420 valence electrons. The minimum atomic E-state index is -1.19. The number of phenols is 1. The van der Waals surface area contributed by atoms with Gasteiger partial charge in [0.1, 0.15) is 41.5 Å². The predicted octanol–water partition coefficient (Wildman–Crippen LogP) is 5.80. The molecule has 3 saturated heterocycles. The molecule has 4 heterocycles. The van der Waals surface area contributed by atoms with E-state index in [0.29, 0.717) is 50.5 Å². The molecule has 1 aromatic rings. The fourth-order valence-corrected chi connectivity index (χ4v) is 11.7. The van der Waals surface area contributed by atoms with E-state index in [1.807, 2.05) is 77.2 Å². The monoisotopic (exact) mass is 1060 g/mol. The number of aliphatic hydroxyl groups is 3. The number of aliphatic hydroxyl groups excluding tert-OH is 3. The number of ether oxygens (including phenoxy) is 2. The second-order valence-corrected chi connectivity index (χ2v) is 22.9. The van der Waals surface area contributed by atoms with Crippen LogP contribution in [0.25, 0.3) is 0 Å². The molecule has 4 fully saturated rings. The van der Waals surface area contributed by atoms with Gasteiger partial charge in [0.25, 0.3) is 5.91 Å². The average Bonchev–Trinajstić information content (AvgIpc) is 3.41. The number of cyclic esters (lactones) is 1. The number of ketones is 1. The molecule has 1 unspecified atom stereocenters. The largest absolute Gasteiger partial charge is 0.508 e. The molecule has 8 N–H and O–H groups in total. The zero-order valence-electron chi connectivity index (χ0n) is 46.0. The minimum absolute atomic E-state index is 0.0226. The van der Waals surface area contributed by atoms with Crippen molar-refractivity contribution in [1.82, 2.24) is 26.4 Å². The molecule has 76 heavy (non-hydrogen) atoms. The molecule has 5 aliphatic rings. The number of nitrogens with one attached hydrogen (secondary N) is 4. The number of carbonyl (C=O) groups is 6. The molecule has 4 amide bonds. The number of piperidine rings is 1. The number of Topliss-reactive ketones (excluding diaryl/α,β-unsaturated/α-hetero) is 1. The van der Waals surface area contributed by atoms with Crippen LogP contribution in [-0.4, -0.2) is 122 Å². The highest BCUT2D eigenvalue weighted by Gasteiger charge is 2.67. The van der Waals surface area contributed by atoms with Crippen LogP contribution in [0.5, 0.6) is 5.75 Å². The molecule has 6 rings (SSSR count). The third-order valence-electron chi connectivity index (χ3n) is 16.8. The van der Waals surface area contributed by atoms with E-state index in [1.165, 1.54) is 24.1 Å². The number of phenolic OH excluding ortho intramolecular Hbond substituents is 1. The normalized spacial score (nSPS) is 34.9. The number of hydrogen-bond acceptors (Lipinski definition) is 13. The van der Waals surface area contributed by atoms with Gasteiger partial charge in [-0.1, -0.05) is 96.2 Å². The maximum absolute atomic E-state index is 14.5. The molecule has 1 saturated carbocycles. The zero-order chi connectivity index (χ0) is 55.4. The van der Waals surface area contributed by atoms with Crippen molar-refractivity contribution in [2.75, 3.05) is 6.54 Å². The summed E-state index contributed by atoms with van der Waals surface area (Å²) in [6.45, 7) is 14.8. The number of aromatic hydroxyl groups is 1. The number of allylic oxidation sites excluding steroid dienone is 6. The van der Waals surface area contributed by atoms with Gasteiger partial charge < -0.3 is 50.6 Å². The first kappa shape index (κ1) is 60.0. The van der Waals surface area contributed by atoms with Crippen LogP contribution >= 0.6 is 0 Å². The van der Waals surface area contributed by atoms with Crippen LogP contribution in [0.4, 0.5) is 0 Å². The van der Waals surface area contributed by atoms with Crippen molar-refractivity contribution in [3.63, 3.8) is 0 Å². The van der Waals surface area contributed by atoms with Crippen LogP contribution in [0.3, 0.4) is 0 Å². The number of esters is 1.